The molecule has 0 spiro atoms. The summed E-state index contributed by atoms with van der Waals surface area (Å²) in [4.78, 5) is 26.3. The van der Waals surface area contributed by atoms with Gasteiger partial charge in [-0.25, -0.2) is 0 Å². The molecule has 1 atom stereocenters. The molecule has 8 heteroatoms. The number of hydrogen-bond donors (Lipinski definition) is 2. The van der Waals surface area contributed by atoms with Gasteiger partial charge < -0.3 is 15.4 Å². The van der Waals surface area contributed by atoms with Crippen LogP contribution in [0.15, 0.2) is 42.5 Å². The van der Waals surface area contributed by atoms with Crippen LogP contribution < -0.4 is 15.4 Å². The smallest absolute Gasteiger partial charge is 0.293 e. The van der Waals surface area contributed by atoms with Gasteiger partial charge in [-0.3, -0.25) is 19.8 Å². The minimum atomic E-state index is -0.440. The number of nitrogens with zero attached hydrogens (tertiary/aromatic N) is 2. The maximum atomic E-state index is 12.8. The molecule has 1 heterocycles. The Kier molecular flexibility index (Phi) is 6.36. The van der Waals surface area contributed by atoms with E-state index in [0.717, 1.165) is 50.1 Å². The van der Waals surface area contributed by atoms with Gasteiger partial charge in [0.1, 0.15) is 11.4 Å². The highest BCUT2D eigenvalue weighted by atomic mass is 16.6. The van der Waals surface area contributed by atoms with Crippen LogP contribution in [0.2, 0.25) is 0 Å². The third-order valence-electron chi connectivity index (χ3n) is 5.91. The Balaban J connectivity index is 1.49. The van der Waals surface area contributed by atoms with Crippen molar-refractivity contribution < 1.29 is 14.5 Å². The van der Waals surface area contributed by atoms with E-state index in [2.05, 4.69) is 15.5 Å². The summed E-state index contributed by atoms with van der Waals surface area (Å²) >= 11 is 0. The number of carbonyl (C=O) groups excluding carboxylic acids is 1. The van der Waals surface area contributed by atoms with E-state index in [1.807, 2.05) is 24.3 Å². The number of nitro benzene ring substituents is 1. The number of nitrogens with one attached hydrogen (secondary N) is 2. The minimum Gasteiger partial charge on any atom is -0.497 e. The molecule has 2 fully saturated rings. The first-order chi connectivity index (χ1) is 15.0. The SMILES string of the molecule is COc1cccc([C@@H](CNC(=O)c2ccc(NC3CC3)c([N+](=O)[O-])c2)N2CCCC2)c1. The van der Waals surface area contributed by atoms with Crippen LogP contribution in [0, 0.1) is 10.1 Å². The van der Waals surface area contributed by atoms with E-state index in [9.17, 15) is 14.9 Å². The van der Waals surface area contributed by atoms with Crippen molar-refractivity contribution in [1.82, 2.24) is 10.2 Å². The summed E-state index contributed by atoms with van der Waals surface area (Å²) in [5.74, 6) is 0.468. The maximum absolute atomic E-state index is 12.8. The largest absolute Gasteiger partial charge is 0.497 e. The van der Waals surface area contributed by atoms with Crippen molar-refractivity contribution in [1.29, 1.82) is 0 Å². The molecule has 1 aliphatic carbocycles. The molecule has 1 saturated carbocycles. The van der Waals surface area contributed by atoms with Crippen LogP contribution >= 0.6 is 0 Å². The number of methoxy groups -OCH3 is 1. The molecule has 2 aromatic rings. The van der Waals surface area contributed by atoms with Gasteiger partial charge in [0.25, 0.3) is 11.6 Å². The fourth-order valence-corrected chi connectivity index (χ4v) is 4.04. The molecule has 31 heavy (non-hydrogen) atoms. The number of nitro groups is 1. The van der Waals surface area contributed by atoms with Gasteiger partial charge >= 0.3 is 0 Å². The molecule has 164 valence electrons. The monoisotopic (exact) mass is 424 g/mol. The molecule has 0 aromatic heterocycles. The number of benzene rings is 2. The Morgan fingerprint density at radius 3 is 2.68 bits per heavy atom. The van der Waals surface area contributed by atoms with Crippen molar-refractivity contribution in [3.8, 4) is 5.75 Å². The van der Waals surface area contributed by atoms with Gasteiger partial charge in [0.15, 0.2) is 0 Å². The van der Waals surface area contributed by atoms with Crippen molar-refractivity contribution in [2.24, 2.45) is 0 Å². The molecule has 0 unspecified atom stereocenters. The Morgan fingerprint density at radius 1 is 1.23 bits per heavy atom. The van der Waals surface area contributed by atoms with E-state index in [0.29, 0.717) is 23.8 Å². The standard InChI is InChI=1S/C23H28N4O4/c1-31-19-6-4-5-16(13-19)22(26-11-2-3-12-26)15-24-23(28)17-7-10-20(25-18-8-9-18)21(14-17)27(29)30/h4-7,10,13-14,18,22,25H,2-3,8-9,11-12,15H2,1H3,(H,24,28)/t22-/m1/s1. The quantitative estimate of drug-likeness (QED) is 0.470. The number of rotatable bonds is 9. The molecule has 2 N–H and O–H groups in total. The van der Waals surface area contributed by atoms with E-state index >= 15 is 0 Å². The third kappa shape index (κ3) is 5.14. The van der Waals surface area contributed by atoms with Gasteiger partial charge in [-0.2, -0.15) is 0 Å². The van der Waals surface area contributed by atoms with E-state index in [4.69, 9.17) is 4.74 Å². The molecule has 0 radical (unpaired) electrons. The normalized spacial score (nSPS) is 17.2. The summed E-state index contributed by atoms with van der Waals surface area (Å²) in [6.07, 6.45) is 4.30. The van der Waals surface area contributed by atoms with Crippen molar-refractivity contribution >= 4 is 17.3 Å². The van der Waals surface area contributed by atoms with Crippen molar-refractivity contribution in [3.63, 3.8) is 0 Å². The van der Waals surface area contributed by atoms with Crippen LogP contribution in [-0.4, -0.2) is 48.5 Å². The van der Waals surface area contributed by atoms with Crippen molar-refractivity contribution in [3.05, 3.63) is 63.7 Å². The number of anilines is 1. The predicted molar refractivity (Wildman–Crippen MR) is 119 cm³/mol. The van der Waals surface area contributed by atoms with Gasteiger partial charge in [-0.15, -0.1) is 0 Å². The Bertz CT molecular complexity index is 954. The fraction of sp³-hybridized carbons (Fsp3) is 0.435. The average Bonchev–Trinajstić information content (AvgIpc) is 3.43. The first-order valence-electron chi connectivity index (χ1n) is 10.8. The lowest BCUT2D eigenvalue weighted by Gasteiger charge is -2.28. The molecular weight excluding hydrogens is 396 g/mol. The highest BCUT2D eigenvalue weighted by Gasteiger charge is 2.27. The van der Waals surface area contributed by atoms with Gasteiger partial charge in [0.2, 0.25) is 0 Å². The lowest BCUT2D eigenvalue weighted by atomic mass is 10.0. The minimum absolute atomic E-state index is 0.0207. The molecule has 4 rings (SSSR count). The van der Waals surface area contributed by atoms with Gasteiger partial charge in [-0.05, 0) is 68.6 Å². The molecule has 1 saturated heterocycles. The van der Waals surface area contributed by atoms with Gasteiger partial charge in [-0.1, -0.05) is 12.1 Å². The third-order valence-corrected chi connectivity index (χ3v) is 5.91. The lowest BCUT2D eigenvalue weighted by molar-refractivity contribution is -0.384. The first-order valence-corrected chi connectivity index (χ1v) is 10.8. The summed E-state index contributed by atoms with van der Waals surface area (Å²) in [6.45, 7) is 2.37. The lowest BCUT2D eigenvalue weighted by Crippen LogP contribution is -2.36. The fourth-order valence-electron chi connectivity index (χ4n) is 4.04. The van der Waals surface area contributed by atoms with Crippen LogP contribution in [0.3, 0.4) is 0 Å². The summed E-state index contributed by atoms with van der Waals surface area (Å²) in [7, 11) is 1.64. The Hall–Kier alpha value is -3.13. The first kappa shape index (κ1) is 21.1. The predicted octanol–water partition coefficient (Wildman–Crippen LogP) is 3.74. The second-order valence-corrected chi connectivity index (χ2v) is 8.15. The molecule has 1 amide bonds. The topological polar surface area (TPSA) is 96.7 Å². The number of likely N-dealkylation sites (tertiary alicyclic amines) is 1. The molecule has 0 bridgehead atoms. The van der Waals surface area contributed by atoms with Crippen LogP contribution in [0.4, 0.5) is 11.4 Å². The summed E-state index contributed by atoms with van der Waals surface area (Å²) < 4.78 is 5.37. The molecule has 8 nitrogen and oxygen atoms in total. The summed E-state index contributed by atoms with van der Waals surface area (Å²) in [5.41, 5.74) is 1.77. The maximum Gasteiger partial charge on any atom is 0.293 e. The van der Waals surface area contributed by atoms with E-state index in [1.165, 1.54) is 6.07 Å². The van der Waals surface area contributed by atoms with Crippen LogP contribution in [0.5, 0.6) is 5.75 Å². The van der Waals surface area contributed by atoms with Crippen molar-refractivity contribution in [2.45, 2.75) is 37.8 Å². The zero-order chi connectivity index (χ0) is 21.8. The number of carbonyl (C=O) groups is 1. The summed E-state index contributed by atoms with van der Waals surface area (Å²) in [5, 5.41) is 17.6. The summed E-state index contributed by atoms with van der Waals surface area (Å²) in [6, 6.07) is 12.8. The van der Waals surface area contributed by atoms with E-state index in [1.54, 1.807) is 19.2 Å². The zero-order valence-corrected chi connectivity index (χ0v) is 17.7. The Labute approximate surface area is 181 Å². The average molecular weight is 425 g/mol. The second-order valence-electron chi connectivity index (χ2n) is 8.15. The number of hydrogen-bond acceptors (Lipinski definition) is 6. The number of amides is 1. The van der Waals surface area contributed by atoms with Gasteiger partial charge in [0, 0.05) is 24.2 Å². The van der Waals surface area contributed by atoms with Gasteiger partial charge in [0.05, 0.1) is 18.1 Å². The van der Waals surface area contributed by atoms with Crippen LogP contribution in [-0.2, 0) is 0 Å². The Morgan fingerprint density at radius 2 is 2.00 bits per heavy atom. The zero-order valence-electron chi connectivity index (χ0n) is 17.7. The van der Waals surface area contributed by atoms with Crippen LogP contribution in [0.1, 0.15) is 47.6 Å². The van der Waals surface area contributed by atoms with Crippen LogP contribution in [0.25, 0.3) is 0 Å². The number of ether oxygens (including phenoxy) is 1. The highest BCUT2D eigenvalue weighted by molar-refractivity contribution is 5.95. The van der Waals surface area contributed by atoms with E-state index in [-0.39, 0.29) is 17.6 Å². The molecular formula is C23H28N4O4. The molecule has 2 aliphatic rings. The second kappa shape index (κ2) is 9.34. The molecule has 1 aliphatic heterocycles. The van der Waals surface area contributed by atoms with Crippen molar-refractivity contribution in [2.75, 3.05) is 32.1 Å². The molecule has 2 aromatic carbocycles. The highest BCUT2D eigenvalue weighted by Crippen LogP contribution is 2.32. The van der Waals surface area contributed by atoms with E-state index < -0.39 is 4.92 Å².